The van der Waals surface area contributed by atoms with Crippen LogP contribution in [-0.4, -0.2) is 33.1 Å². The van der Waals surface area contributed by atoms with Crippen molar-refractivity contribution >= 4 is 121 Å². The average molecular weight is 710 g/mol. The molecule has 2 amide bonds. The zero-order valence-electron chi connectivity index (χ0n) is 20.4. The standard InChI is InChI=1S/C26H15Cl6N3O4S2/c1-10(23(36)35-26-34-16(9-40-26)14-7-2-11(27)8-15(14)28)41-13-5-3-12(4-6-13)33-24(37)17-18(25(38)39)20(30)22(32)21(31)19(17)29/h2-10H,1H3,(H,33,37)(H,38,39)(H,34,35,36). The number of carbonyl (C=O) groups is 3. The summed E-state index contributed by atoms with van der Waals surface area (Å²) < 4.78 is 0. The Hall–Kier alpha value is -2.21. The number of carboxylic acids is 1. The molecule has 212 valence electrons. The monoisotopic (exact) mass is 707 g/mol. The molecule has 4 aromatic rings. The number of aromatic carboxylic acids is 1. The van der Waals surface area contributed by atoms with Gasteiger partial charge < -0.3 is 15.7 Å². The molecule has 0 bridgehead atoms. The predicted octanol–water partition coefficient (Wildman–Crippen LogP) is 9.80. The Morgan fingerprint density at radius 1 is 0.878 bits per heavy atom. The van der Waals surface area contributed by atoms with Crippen LogP contribution in [0, 0.1) is 0 Å². The van der Waals surface area contributed by atoms with E-state index >= 15 is 0 Å². The van der Waals surface area contributed by atoms with Crippen LogP contribution < -0.4 is 10.6 Å². The van der Waals surface area contributed by atoms with Crippen LogP contribution in [0.2, 0.25) is 30.1 Å². The van der Waals surface area contributed by atoms with Crippen LogP contribution in [0.5, 0.6) is 0 Å². The van der Waals surface area contributed by atoms with Gasteiger partial charge in [0.1, 0.15) is 0 Å². The molecule has 1 heterocycles. The van der Waals surface area contributed by atoms with Crippen molar-refractivity contribution in [3.8, 4) is 11.3 Å². The van der Waals surface area contributed by atoms with Crippen molar-refractivity contribution in [2.45, 2.75) is 17.1 Å². The maximum absolute atomic E-state index is 12.9. The highest BCUT2D eigenvalue weighted by molar-refractivity contribution is 8.00. The van der Waals surface area contributed by atoms with E-state index in [1.54, 1.807) is 54.8 Å². The van der Waals surface area contributed by atoms with Crippen LogP contribution in [0.25, 0.3) is 11.3 Å². The van der Waals surface area contributed by atoms with E-state index in [1.165, 1.54) is 23.1 Å². The third-order valence-corrected chi connectivity index (χ3v) is 9.66. The molecule has 15 heteroatoms. The van der Waals surface area contributed by atoms with Gasteiger partial charge in [0, 0.05) is 26.5 Å². The first kappa shape index (κ1) is 31.7. The summed E-state index contributed by atoms with van der Waals surface area (Å²) in [5, 5.41) is 16.4. The summed E-state index contributed by atoms with van der Waals surface area (Å²) in [5.41, 5.74) is 0.656. The van der Waals surface area contributed by atoms with Gasteiger partial charge in [-0.2, -0.15) is 0 Å². The molecule has 3 aromatic carbocycles. The number of benzene rings is 3. The average Bonchev–Trinajstić information content (AvgIpc) is 3.38. The number of hydrogen-bond acceptors (Lipinski definition) is 6. The van der Waals surface area contributed by atoms with E-state index in [0.29, 0.717) is 32.1 Å². The van der Waals surface area contributed by atoms with E-state index < -0.39 is 33.3 Å². The predicted molar refractivity (Wildman–Crippen MR) is 169 cm³/mol. The van der Waals surface area contributed by atoms with E-state index in [-0.39, 0.29) is 21.0 Å². The summed E-state index contributed by atoms with van der Waals surface area (Å²) in [5.74, 6) is -2.60. The van der Waals surface area contributed by atoms with Gasteiger partial charge in [-0.15, -0.1) is 23.1 Å². The summed E-state index contributed by atoms with van der Waals surface area (Å²) in [6.07, 6.45) is 0. The van der Waals surface area contributed by atoms with Crippen molar-refractivity contribution in [3.05, 3.63) is 89.1 Å². The van der Waals surface area contributed by atoms with Gasteiger partial charge in [-0.25, -0.2) is 9.78 Å². The molecular formula is C26H15Cl6N3O4S2. The summed E-state index contributed by atoms with van der Waals surface area (Å²) in [6, 6.07) is 11.6. The van der Waals surface area contributed by atoms with E-state index in [1.807, 2.05) is 0 Å². The van der Waals surface area contributed by atoms with Crippen LogP contribution in [0.4, 0.5) is 10.8 Å². The number of carboxylic acid groups (broad SMARTS) is 1. The molecule has 4 rings (SSSR count). The fourth-order valence-corrected chi connectivity index (χ4v) is 6.58. The molecular weight excluding hydrogens is 695 g/mol. The first-order valence-corrected chi connectivity index (χ1v) is 15.3. The molecule has 1 unspecified atom stereocenters. The second-order valence-corrected chi connectivity index (χ2v) is 12.8. The van der Waals surface area contributed by atoms with E-state index in [4.69, 9.17) is 69.6 Å². The van der Waals surface area contributed by atoms with Gasteiger partial charge in [0.2, 0.25) is 5.91 Å². The summed E-state index contributed by atoms with van der Waals surface area (Å²) in [6.45, 7) is 1.74. The Bertz CT molecular complexity index is 1680. The van der Waals surface area contributed by atoms with Gasteiger partial charge in [-0.3, -0.25) is 9.59 Å². The molecule has 1 atom stereocenters. The fraction of sp³-hybridized carbons (Fsp3) is 0.0769. The number of rotatable bonds is 8. The van der Waals surface area contributed by atoms with Crippen LogP contribution in [0.3, 0.4) is 0 Å². The third kappa shape index (κ3) is 7.24. The molecule has 0 saturated carbocycles. The van der Waals surface area contributed by atoms with Gasteiger partial charge >= 0.3 is 5.97 Å². The minimum atomic E-state index is -1.50. The minimum absolute atomic E-state index is 0.241. The number of nitrogens with zero attached hydrogens (tertiary/aromatic N) is 1. The van der Waals surface area contributed by atoms with Gasteiger partial charge in [-0.1, -0.05) is 69.6 Å². The number of nitrogens with one attached hydrogen (secondary N) is 2. The van der Waals surface area contributed by atoms with E-state index in [0.717, 1.165) is 4.90 Å². The van der Waals surface area contributed by atoms with Crippen LogP contribution >= 0.6 is 92.7 Å². The van der Waals surface area contributed by atoms with Crippen molar-refractivity contribution in [2.75, 3.05) is 10.6 Å². The highest BCUT2D eigenvalue weighted by atomic mass is 35.5. The molecule has 0 saturated heterocycles. The molecule has 0 spiro atoms. The number of amides is 2. The highest BCUT2D eigenvalue weighted by Crippen LogP contribution is 2.42. The first-order valence-electron chi connectivity index (χ1n) is 11.3. The van der Waals surface area contributed by atoms with Gasteiger partial charge in [0.05, 0.1) is 47.2 Å². The Morgan fingerprint density at radius 2 is 1.51 bits per heavy atom. The van der Waals surface area contributed by atoms with Crippen molar-refractivity contribution in [1.82, 2.24) is 4.98 Å². The first-order chi connectivity index (χ1) is 19.4. The maximum atomic E-state index is 12.9. The second kappa shape index (κ2) is 13.4. The van der Waals surface area contributed by atoms with Crippen molar-refractivity contribution in [3.63, 3.8) is 0 Å². The Labute approximate surface area is 272 Å². The zero-order valence-corrected chi connectivity index (χ0v) is 26.6. The van der Waals surface area contributed by atoms with Crippen LogP contribution in [-0.2, 0) is 4.79 Å². The number of carbonyl (C=O) groups excluding carboxylic acids is 2. The molecule has 0 radical (unpaired) electrons. The highest BCUT2D eigenvalue weighted by Gasteiger charge is 2.29. The lowest BCUT2D eigenvalue weighted by Gasteiger charge is -2.14. The molecule has 0 aliphatic rings. The van der Waals surface area contributed by atoms with Crippen LogP contribution in [0.15, 0.2) is 52.7 Å². The number of anilines is 2. The smallest absolute Gasteiger partial charge is 0.338 e. The van der Waals surface area contributed by atoms with E-state index in [9.17, 15) is 19.5 Å². The molecule has 41 heavy (non-hydrogen) atoms. The lowest BCUT2D eigenvalue weighted by Crippen LogP contribution is -2.22. The molecule has 1 aromatic heterocycles. The fourth-order valence-electron chi connectivity index (χ4n) is 3.47. The van der Waals surface area contributed by atoms with Crippen molar-refractivity contribution < 1.29 is 19.5 Å². The largest absolute Gasteiger partial charge is 0.478 e. The maximum Gasteiger partial charge on any atom is 0.338 e. The van der Waals surface area contributed by atoms with Crippen LogP contribution in [0.1, 0.15) is 27.6 Å². The number of aromatic nitrogens is 1. The summed E-state index contributed by atoms with van der Waals surface area (Å²) >= 11 is 38.9. The summed E-state index contributed by atoms with van der Waals surface area (Å²) in [7, 11) is 0. The van der Waals surface area contributed by atoms with Gasteiger partial charge in [0.15, 0.2) is 5.13 Å². The number of halogens is 6. The number of thioether (sulfide) groups is 1. The lowest BCUT2D eigenvalue weighted by molar-refractivity contribution is -0.115. The quantitative estimate of drug-likeness (QED) is 0.0955. The van der Waals surface area contributed by atoms with E-state index in [2.05, 4.69) is 15.6 Å². The summed E-state index contributed by atoms with van der Waals surface area (Å²) in [4.78, 5) is 42.6. The Kier molecular flexibility index (Phi) is 10.4. The molecule has 0 aliphatic heterocycles. The number of hydrogen-bond donors (Lipinski definition) is 3. The third-order valence-electron chi connectivity index (χ3n) is 5.44. The van der Waals surface area contributed by atoms with Gasteiger partial charge in [0.25, 0.3) is 5.91 Å². The second-order valence-electron chi connectivity index (χ2n) is 8.20. The molecule has 0 fully saturated rings. The topological polar surface area (TPSA) is 108 Å². The van der Waals surface area contributed by atoms with Crippen molar-refractivity contribution in [1.29, 1.82) is 0 Å². The molecule has 3 N–H and O–H groups in total. The van der Waals surface area contributed by atoms with Crippen molar-refractivity contribution in [2.24, 2.45) is 0 Å². The normalized spacial score (nSPS) is 11.7. The molecule has 0 aliphatic carbocycles. The lowest BCUT2D eigenvalue weighted by atomic mass is 10.1. The minimum Gasteiger partial charge on any atom is -0.478 e. The Balaban J connectivity index is 1.40. The van der Waals surface area contributed by atoms with Gasteiger partial charge in [-0.05, 0) is 49.4 Å². The Morgan fingerprint density at radius 3 is 2.12 bits per heavy atom. The SMILES string of the molecule is CC(Sc1ccc(NC(=O)c2c(Cl)c(Cl)c(Cl)c(Cl)c2C(=O)O)cc1)C(=O)Nc1nc(-c2ccc(Cl)cc2Cl)cs1. The number of thiazole rings is 1. The zero-order chi connectivity index (χ0) is 30.0. The molecule has 7 nitrogen and oxygen atoms in total.